The van der Waals surface area contributed by atoms with Gasteiger partial charge in [0.2, 0.25) is 0 Å². The highest BCUT2D eigenvalue weighted by atomic mass is 79.9. The zero-order chi connectivity index (χ0) is 15.7. The van der Waals surface area contributed by atoms with E-state index in [9.17, 15) is 5.11 Å². The molecule has 0 spiro atoms. The smallest absolute Gasteiger partial charge is 0.128 e. The van der Waals surface area contributed by atoms with Gasteiger partial charge >= 0.3 is 0 Å². The maximum Gasteiger partial charge on any atom is 0.128 e. The van der Waals surface area contributed by atoms with Crippen LogP contribution >= 0.6 is 15.9 Å². The third-order valence-corrected chi connectivity index (χ3v) is 5.42. The molecule has 22 heavy (non-hydrogen) atoms. The van der Waals surface area contributed by atoms with Crippen molar-refractivity contribution < 1.29 is 9.84 Å². The molecule has 1 unspecified atom stereocenters. The molecule has 1 aromatic heterocycles. The fourth-order valence-corrected chi connectivity index (χ4v) is 3.99. The van der Waals surface area contributed by atoms with Crippen LogP contribution in [0.4, 0.5) is 0 Å². The van der Waals surface area contributed by atoms with Gasteiger partial charge in [0.25, 0.3) is 0 Å². The number of benzene rings is 1. The van der Waals surface area contributed by atoms with Crippen LogP contribution in [0, 0.1) is 6.92 Å². The monoisotopic (exact) mass is 366 g/mol. The molecule has 4 nitrogen and oxygen atoms in total. The number of ether oxygens (including phenoxy) is 1. The molecular weight excluding hydrogens is 344 g/mol. The summed E-state index contributed by atoms with van der Waals surface area (Å²) >= 11 is 3.62. The first-order chi connectivity index (χ1) is 10.7. The van der Waals surface area contributed by atoms with Gasteiger partial charge in [0, 0.05) is 28.1 Å². The second-order valence-corrected chi connectivity index (χ2v) is 6.85. The Bertz CT molecular complexity index is 668. The van der Waals surface area contributed by atoms with Gasteiger partial charge in [-0.25, -0.2) is 0 Å². The molecular formula is C17H23BrN2O2. The first-order valence-corrected chi connectivity index (χ1v) is 8.63. The standard InChI is InChI=1S/C17H23BrN2O2/c1-11-13(7-9-20-8-3-4-12(20)10-21)16-15(22-2)6-5-14(18)17(16)19-11/h5-6,12,19,21H,3-4,7-10H2,1-2H3. The lowest BCUT2D eigenvalue weighted by Gasteiger charge is -2.22. The minimum atomic E-state index is 0.266. The van der Waals surface area contributed by atoms with Crippen LogP contribution in [0.1, 0.15) is 24.1 Å². The molecule has 1 aliphatic heterocycles. The van der Waals surface area contributed by atoms with Gasteiger partial charge < -0.3 is 14.8 Å². The Hall–Kier alpha value is -1.04. The van der Waals surface area contributed by atoms with Gasteiger partial charge in [0.1, 0.15) is 5.75 Å². The Morgan fingerprint density at radius 2 is 2.27 bits per heavy atom. The largest absolute Gasteiger partial charge is 0.496 e. The fraction of sp³-hybridized carbons (Fsp3) is 0.529. The molecule has 1 fully saturated rings. The van der Waals surface area contributed by atoms with E-state index in [1.54, 1.807) is 7.11 Å². The lowest BCUT2D eigenvalue weighted by atomic mass is 10.1. The number of nitrogens with one attached hydrogen (secondary N) is 1. The van der Waals surface area contributed by atoms with E-state index in [0.29, 0.717) is 6.04 Å². The van der Waals surface area contributed by atoms with Gasteiger partial charge in [0.05, 0.1) is 19.2 Å². The van der Waals surface area contributed by atoms with E-state index < -0.39 is 0 Å². The normalized spacial score (nSPS) is 19.2. The maximum atomic E-state index is 9.46. The number of aromatic nitrogens is 1. The highest BCUT2D eigenvalue weighted by Crippen LogP contribution is 2.36. The van der Waals surface area contributed by atoms with Crippen LogP contribution in [0.3, 0.4) is 0 Å². The van der Waals surface area contributed by atoms with Crippen molar-refractivity contribution in [1.29, 1.82) is 0 Å². The summed E-state index contributed by atoms with van der Waals surface area (Å²) in [5.41, 5.74) is 3.61. The minimum absolute atomic E-state index is 0.266. The summed E-state index contributed by atoms with van der Waals surface area (Å²) in [7, 11) is 1.72. The molecule has 1 aliphatic rings. The number of hydrogen-bond donors (Lipinski definition) is 2. The predicted octanol–water partition coefficient (Wildman–Crippen LogP) is 3.25. The van der Waals surface area contributed by atoms with Gasteiger partial charge in [0.15, 0.2) is 0 Å². The first kappa shape index (κ1) is 15.8. The van der Waals surface area contributed by atoms with Crippen molar-refractivity contribution >= 4 is 26.8 Å². The topological polar surface area (TPSA) is 48.5 Å². The summed E-state index contributed by atoms with van der Waals surface area (Å²) in [6, 6.07) is 4.36. The van der Waals surface area contributed by atoms with E-state index in [0.717, 1.165) is 41.7 Å². The van der Waals surface area contributed by atoms with Crippen LogP contribution < -0.4 is 4.74 Å². The Labute approximate surface area is 139 Å². The average Bonchev–Trinajstić information content (AvgIpc) is 3.10. The van der Waals surface area contributed by atoms with Gasteiger partial charge in [-0.2, -0.15) is 0 Å². The Kier molecular flexibility index (Phi) is 4.76. The van der Waals surface area contributed by atoms with Gasteiger partial charge in [-0.3, -0.25) is 4.90 Å². The van der Waals surface area contributed by atoms with Crippen LogP contribution in [-0.4, -0.2) is 47.8 Å². The van der Waals surface area contributed by atoms with Crippen molar-refractivity contribution in [2.24, 2.45) is 0 Å². The maximum absolute atomic E-state index is 9.46. The molecule has 0 radical (unpaired) electrons. The van der Waals surface area contributed by atoms with Crippen molar-refractivity contribution in [3.05, 3.63) is 27.9 Å². The molecule has 2 N–H and O–H groups in total. The number of nitrogens with zero attached hydrogens (tertiary/aromatic N) is 1. The number of hydrogen-bond acceptors (Lipinski definition) is 3. The van der Waals surface area contributed by atoms with Gasteiger partial charge in [-0.1, -0.05) is 0 Å². The molecule has 0 aliphatic carbocycles. The van der Waals surface area contributed by atoms with E-state index in [1.807, 2.05) is 12.1 Å². The summed E-state index contributed by atoms with van der Waals surface area (Å²) in [5.74, 6) is 0.915. The number of H-pyrrole nitrogens is 1. The quantitative estimate of drug-likeness (QED) is 0.853. The number of rotatable bonds is 5. The number of aromatic amines is 1. The third kappa shape index (κ3) is 2.77. The van der Waals surface area contributed by atoms with Crippen LogP contribution in [0.5, 0.6) is 5.75 Å². The molecule has 2 heterocycles. The average molecular weight is 367 g/mol. The zero-order valence-electron chi connectivity index (χ0n) is 13.2. The van der Waals surface area contributed by atoms with Crippen LogP contribution in [0.25, 0.3) is 10.9 Å². The molecule has 0 amide bonds. The number of fused-ring (bicyclic) bond motifs is 1. The molecule has 1 atom stereocenters. The number of likely N-dealkylation sites (tertiary alicyclic amines) is 1. The summed E-state index contributed by atoms with van der Waals surface area (Å²) in [6.45, 7) is 4.46. The van der Waals surface area contributed by atoms with E-state index >= 15 is 0 Å². The SMILES string of the molecule is COc1ccc(Br)c2[nH]c(C)c(CCN3CCCC3CO)c12. The molecule has 1 aromatic carbocycles. The Morgan fingerprint density at radius 1 is 1.45 bits per heavy atom. The summed E-state index contributed by atoms with van der Waals surface area (Å²) in [5, 5.41) is 10.6. The van der Waals surface area contributed by atoms with E-state index in [-0.39, 0.29) is 6.61 Å². The third-order valence-electron chi connectivity index (χ3n) is 4.76. The highest BCUT2D eigenvalue weighted by Gasteiger charge is 2.24. The summed E-state index contributed by atoms with van der Waals surface area (Å²) < 4.78 is 6.62. The zero-order valence-corrected chi connectivity index (χ0v) is 14.7. The Morgan fingerprint density at radius 3 is 3.00 bits per heavy atom. The van der Waals surface area contributed by atoms with Crippen LogP contribution in [0.15, 0.2) is 16.6 Å². The molecule has 3 rings (SSSR count). The minimum Gasteiger partial charge on any atom is -0.496 e. The lowest BCUT2D eigenvalue weighted by molar-refractivity contribution is 0.160. The highest BCUT2D eigenvalue weighted by molar-refractivity contribution is 9.10. The van der Waals surface area contributed by atoms with Crippen molar-refractivity contribution in [1.82, 2.24) is 9.88 Å². The van der Waals surface area contributed by atoms with Gasteiger partial charge in [-0.05, 0) is 66.4 Å². The first-order valence-electron chi connectivity index (χ1n) is 7.84. The van der Waals surface area contributed by atoms with Crippen molar-refractivity contribution in [2.75, 3.05) is 26.8 Å². The number of aryl methyl sites for hydroxylation is 1. The molecule has 120 valence electrons. The molecule has 2 aromatic rings. The summed E-state index contributed by atoms with van der Waals surface area (Å²) in [4.78, 5) is 5.88. The Balaban J connectivity index is 1.90. The molecule has 0 saturated carbocycles. The van der Waals surface area contributed by atoms with E-state index in [1.165, 1.54) is 23.1 Å². The van der Waals surface area contributed by atoms with Gasteiger partial charge in [-0.15, -0.1) is 0 Å². The second kappa shape index (κ2) is 6.60. The fourth-order valence-electron chi connectivity index (χ4n) is 3.56. The molecule has 5 heteroatoms. The van der Waals surface area contributed by atoms with Crippen molar-refractivity contribution in [3.8, 4) is 5.75 Å². The number of methoxy groups -OCH3 is 1. The molecule has 1 saturated heterocycles. The lowest BCUT2D eigenvalue weighted by Crippen LogP contribution is -2.33. The van der Waals surface area contributed by atoms with Crippen LogP contribution in [0.2, 0.25) is 0 Å². The number of aliphatic hydroxyl groups is 1. The predicted molar refractivity (Wildman–Crippen MR) is 92.7 cm³/mol. The number of aliphatic hydroxyl groups excluding tert-OH is 1. The van der Waals surface area contributed by atoms with Crippen LogP contribution in [-0.2, 0) is 6.42 Å². The van der Waals surface area contributed by atoms with Crippen molar-refractivity contribution in [2.45, 2.75) is 32.2 Å². The van der Waals surface area contributed by atoms with E-state index in [4.69, 9.17) is 4.74 Å². The van der Waals surface area contributed by atoms with Crippen molar-refractivity contribution in [3.63, 3.8) is 0 Å². The molecule has 0 bridgehead atoms. The van der Waals surface area contributed by atoms with E-state index in [2.05, 4.69) is 32.7 Å². The number of halogens is 1. The summed E-state index contributed by atoms with van der Waals surface area (Å²) in [6.07, 6.45) is 3.26. The second-order valence-electron chi connectivity index (χ2n) is 5.99.